The van der Waals surface area contributed by atoms with E-state index in [1.165, 1.54) is 47.2 Å². The smallest absolute Gasteiger partial charge is 0.335 e. The molecule has 0 radical (unpaired) electrons. The van der Waals surface area contributed by atoms with Crippen LogP contribution in [-0.4, -0.2) is 73.4 Å². The van der Waals surface area contributed by atoms with Crippen LogP contribution in [0.4, 0.5) is 0 Å². The van der Waals surface area contributed by atoms with Gasteiger partial charge >= 0.3 is 11.9 Å². The van der Waals surface area contributed by atoms with E-state index in [9.17, 15) is 9.59 Å². The summed E-state index contributed by atoms with van der Waals surface area (Å²) in [5, 5.41) is 17.6. The summed E-state index contributed by atoms with van der Waals surface area (Å²) in [5.41, 5.74) is 3.29. The van der Waals surface area contributed by atoms with Gasteiger partial charge in [-0.05, 0) is 48.5 Å². The fourth-order valence-electron chi connectivity index (χ4n) is 3.73. The molecule has 0 saturated heterocycles. The number of carbonyl (C=O) groups is 2. The Morgan fingerprint density at radius 1 is 0.512 bits per heavy atom. The summed E-state index contributed by atoms with van der Waals surface area (Å²) in [4.78, 5) is 23.2. The van der Waals surface area contributed by atoms with Crippen LogP contribution in [0.1, 0.15) is 31.8 Å². The molecular weight excluding hydrogens is 532 g/mol. The average Bonchev–Trinajstić information content (AvgIpc) is 2.89. The maximum atomic E-state index is 10.7. The first-order chi connectivity index (χ1) is 19.2. The molecule has 6 nitrogen and oxygen atoms in total. The molecule has 216 valence electrons. The van der Waals surface area contributed by atoms with Gasteiger partial charge in [-0.25, -0.2) is 9.59 Å². The van der Waals surface area contributed by atoms with Gasteiger partial charge in [-0.15, -0.1) is 0 Å². The number of hydrogen-bond acceptors (Lipinski definition) is 3. The Morgan fingerprint density at radius 3 is 1.05 bits per heavy atom. The van der Waals surface area contributed by atoms with Gasteiger partial charge in [-0.2, -0.15) is 0 Å². The molecule has 0 atom stereocenters. The molecule has 41 heavy (non-hydrogen) atoms. The second-order valence-electron chi connectivity index (χ2n) is 11.6. The molecular formula is C34H42N2O4S+2. The van der Waals surface area contributed by atoms with Crippen LogP contribution >= 0.6 is 11.8 Å². The van der Waals surface area contributed by atoms with Crippen LogP contribution in [0.3, 0.4) is 0 Å². The van der Waals surface area contributed by atoms with Gasteiger partial charge < -0.3 is 19.2 Å². The van der Waals surface area contributed by atoms with Gasteiger partial charge in [-0.3, -0.25) is 0 Å². The van der Waals surface area contributed by atoms with Crippen LogP contribution in [0.5, 0.6) is 0 Å². The van der Waals surface area contributed by atoms with Crippen molar-refractivity contribution in [2.45, 2.75) is 22.9 Å². The minimum atomic E-state index is -0.956. The molecule has 0 fully saturated rings. The lowest BCUT2D eigenvalue weighted by molar-refractivity contribution is -0.884. The Labute approximate surface area is 248 Å². The van der Waals surface area contributed by atoms with Gasteiger partial charge in [0.05, 0.1) is 53.4 Å². The van der Waals surface area contributed by atoms with Gasteiger partial charge in [0.15, 0.2) is 0 Å². The fraction of sp³-hybridized carbons (Fsp3) is 0.235. The van der Waals surface area contributed by atoms with Crippen molar-refractivity contribution in [3.05, 3.63) is 131 Å². The highest BCUT2D eigenvalue weighted by atomic mass is 32.2. The first-order valence-electron chi connectivity index (χ1n) is 13.3. The van der Waals surface area contributed by atoms with Crippen molar-refractivity contribution in [1.82, 2.24) is 0 Å². The zero-order valence-electron chi connectivity index (χ0n) is 24.8. The molecule has 0 spiro atoms. The summed E-state index contributed by atoms with van der Waals surface area (Å²) in [5.74, 6) is -1.91. The SMILES string of the molecule is C[N+](C)(C)Cc1ccccc1.C[N+](C)(C)Cc1ccccc1.O=C(O)c1ccc(Sc2ccc(C(=O)O)cc2)cc1. The van der Waals surface area contributed by atoms with Crippen molar-refractivity contribution in [3.63, 3.8) is 0 Å². The normalized spacial score (nSPS) is 10.9. The van der Waals surface area contributed by atoms with Gasteiger partial charge in [0.25, 0.3) is 0 Å². The van der Waals surface area contributed by atoms with E-state index in [1.54, 1.807) is 24.3 Å². The minimum Gasteiger partial charge on any atom is -0.478 e. The van der Waals surface area contributed by atoms with E-state index in [0.29, 0.717) is 0 Å². The van der Waals surface area contributed by atoms with Crippen LogP contribution < -0.4 is 0 Å². The Bertz CT molecular complexity index is 1240. The number of carboxylic acids is 2. The molecule has 0 amide bonds. The standard InChI is InChI=1S/C14H10O4S.2C10H16N/c15-13(16)9-1-5-11(6-2-9)19-12-7-3-10(4-8-12)14(17)18;2*1-11(2,3)9-10-7-5-4-6-8-10/h1-8H,(H,15,16)(H,17,18);2*4-8H,9H2,1-3H3/q;2*+1. The molecule has 0 saturated carbocycles. The predicted octanol–water partition coefficient (Wildman–Crippen LogP) is 7.02. The lowest BCUT2D eigenvalue weighted by atomic mass is 10.2. The quantitative estimate of drug-likeness (QED) is 0.221. The van der Waals surface area contributed by atoms with E-state index < -0.39 is 11.9 Å². The van der Waals surface area contributed by atoms with Crippen LogP contribution in [0, 0.1) is 0 Å². The number of aromatic carboxylic acids is 2. The highest BCUT2D eigenvalue weighted by molar-refractivity contribution is 7.99. The molecule has 0 aromatic heterocycles. The van der Waals surface area contributed by atoms with Crippen molar-refractivity contribution in [1.29, 1.82) is 0 Å². The largest absolute Gasteiger partial charge is 0.478 e. The predicted molar refractivity (Wildman–Crippen MR) is 167 cm³/mol. The molecule has 0 aliphatic rings. The molecule has 0 heterocycles. The van der Waals surface area contributed by atoms with Gasteiger partial charge in [0.2, 0.25) is 0 Å². The summed E-state index contributed by atoms with van der Waals surface area (Å²) < 4.78 is 1.98. The van der Waals surface area contributed by atoms with E-state index in [-0.39, 0.29) is 11.1 Å². The van der Waals surface area contributed by atoms with Gasteiger partial charge in [-0.1, -0.05) is 72.4 Å². The van der Waals surface area contributed by atoms with Crippen molar-refractivity contribution < 1.29 is 28.8 Å². The number of rotatable bonds is 8. The van der Waals surface area contributed by atoms with Crippen molar-refractivity contribution in [2.24, 2.45) is 0 Å². The van der Waals surface area contributed by atoms with E-state index in [2.05, 4.69) is 103 Å². The molecule has 0 aliphatic heterocycles. The number of carboxylic acid groups (broad SMARTS) is 2. The Kier molecular flexibility index (Phi) is 12.8. The molecule has 2 N–H and O–H groups in total. The van der Waals surface area contributed by atoms with Crippen molar-refractivity contribution in [2.75, 3.05) is 42.3 Å². The minimum absolute atomic E-state index is 0.241. The lowest BCUT2D eigenvalue weighted by Crippen LogP contribution is -2.33. The molecule has 4 aromatic rings. The second-order valence-corrected chi connectivity index (χ2v) is 12.8. The summed E-state index contributed by atoms with van der Waals surface area (Å²) >= 11 is 1.44. The zero-order valence-corrected chi connectivity index (χ0v) is 25.6. The first kappa shape index (κ1) is 33.3. The number of nitrogens with zero attached hydrogens (tertiary/aromatic N) is 2. The molecule has 4 aromatic carbocycles. The van der Waals surface area contributed by atoms with Crippen LogP contribution in [0.15, 0.2) is 119 Å². The zero-order chi connectivity index (χ0) is 30.5. The first-order valence-corrected chi connectivity index (χ1v) is 14.1. The number of hydrogen-bond donors (Lipinski definition) is 2. The van der Waals surface area contributed by atoms with Crippen LogP contribution in [0.25, 0.3) is 0 Å². The summed E-state index contributed by atoms with van der Waals surface area (Å²) in [6.07, 6.45) is 0. The highest BCUT2D eigenvalue weighted by Gasteiger charge is 2.08. The van der Waals surface area contributed by atoms with E-state index in [4.69, 9.17) is 10.2 Å². The summed E-state index contributed by atoms with van der Waals surface area (Å²) in [6, 6.07) is 34.2. The Hall–Kier alpha value is -3.91. The molecule has 4 rings (SSSR count). The summed E-state index contributed by atoms with van der Waals surface area (Å²) in [7, 11) is 13.2. The monoisotopic (exact) mass is 574 g/mol. The summed E-state index contributed by atoms with van der Waals surface area (Å²) in [6.45, 7) is 2.20. The topological polar surface area (TPSA) is 74.6 Å². The number of quaternary nitrogens is 2. The maximum absolute atomic E-state index is 10.7. The van der Waals surface area contributed by atoms with E-state index in [0.717, 1.165) is 31.8 Å². The molecule has 7 heteroatoms. The van der Waals surface area contributed by atoms with E-state index in [1.807, 2.05) is 0 Å². The Morgan fingerprint density at radius 2 is 0.805 bits per heavy atom. The third-order valence-corrected chi connectivity index (χ3v) is 6.45. The lowest BCUT2D eigenvalue weighted by Gasteiger charge is -2.23. The molecule has 0 bridgehead atoms. The van der Waals surface area contributed by atoms with Crippen LogP contribution in [0.2, 0.25) is 0 Å². The van der Waals surface area contributed by atoms with Crippen molar-refractivity contribution >= 4 is 23.7 Å². The third kappa shape index (κ3) is 14.3. The second kappa shape index (κ2) is 15.8. The van der Waals surface area contributed by atoms with Gasteiger partial charge in [0.1, 0.15) is 13.1 Å². The molecule has 0 aliphatic carbocycles. The van der Waals surface area contributed by atoms with Gasteiger partial charge in [0, 0.05) is 20.9 Å². The molecule has 0 unspecified atom stereocenters. The third-order valence-electron chi connectivity index (χ3n) is 5.44. The van der Waals surface area contributed by atoms with Crippen LogP contribution in [-0.2, 0) is 13.1 Å². The fourth-order valence-corrected chi connectivity index (χ4v) is 4.55. The average molecular weight is 575 g/mol. The van der Waals surface area contributed by atoms with Crippen molar-refractivity contribution in [3.8, 4) is 0 Å². The Balaban J connectivity index is 0.000000230. The highest BCUT2D eigenvalue weighted by Crippen LogP contribution is 2.28. The van der Waals surface area contributed by atoms with E-state index >= 15 is 0 Å². The number of benzene rings is 4. The maximum Gasteiger partial charge on any atom is 0.335 e.